The van der Waals surface area contributed by atoms with Gasteiger partial charge in [-0.1, -0.05) is 24.3 Å². The van der Waals surface area contributed by atoms with Crippen molar-refractivity contribution >= 4 is 23.2 Å². The van der Waals surface area contributed by atoms with Crippen LogP contribution in [0.4, 0.5) is 17.3 Å². The van der Waals surface area contributed by atoms with Crippen LogP contribution in [0.25, 0.3) is 0 Å². The van der Waals surface area contributed by atoms with Crippen LogP contribution in [0.15, 0.2) is 54.7 Å². The van der Waals surface area contributed by atoms with Gasteiger partial charge >= 0.3 is 0 Å². The molecule has 0 unspecified atom stereocenters. The van der Waals surface area contributed by atoms with E-state index in [1.807, 2.05) is 63.2 Å². The van der Waals surface area contributed by atoms with Gasteiger partial charge in [-0.2, -0.15) is 0 Å². The fraction of sp³-hybridized carbons (Fsp3) is 0.150. The summed E-state index contributed by atoms with van der Waals surface area (Å²) >= 11 is 0. The number of para-hydroxylation sites is 1. The number of carbonyl (C=O) groups is 1. The number of amides is 1. The van der Waals surface area contributed by atoms with Crippen molar-refractivity contribution in [2.24, 2.45) is 0 Å². The Labute approximate surface area is 147 Å². The lowest BCUT2D eigenvalue weighted by molar-refractivity contribution is 0.102. The molecule has 0 fully saturated rings. The van der Waals surface area contributed by atoms with E-state index in [1.165, 1.54) is 5.56 Å². The second-order valence-corrected chi connectivity index (χ2v) is 5.96. The molecule has 1 heterocycles. The van der Waals surface area contributed by atoms with Crippen LogP contribution in [0.5, 0.6) is 0 Å². The van der Waals surface area contributed by atoms with E-state index in [9.17, 15) is 4.79 Å². The third kappa shape index (κ3) is 4.01. The summed E-state index contributed by atoms with van der Waals surface area (Å²) in [7, 11) is 0. The molecular weight excluding hydrogens is 312 g/mol. The summed E-state index contributed by atoms with van der Waals surface area (Å²) in [5.74, 6) is 0.125. The molecule has 2 N–H and O–H groups in total. The Morgan fingerprint density at radius 1 is 0.920 bits per heavy atom. The summed E-state index contributed by atoms with van der Waals surface area (Å²) in [6.07, 6.45) is 1.57. The molecule has 25 heavy (non-hydrogen) atoms. The Hall–Kier alpha value is -3.21. The molecule has 0 aliphatic carbocycles. The largest absolute Gasteiger partial charge is 0.324 e. The quantitative estimate of drug-likeness (QED) is 0.743. The van der Waals surface area contributed by atoms with E-state index in [1.54, 1.807) is 12.3 Å². The van der Waals surface area contributed by atoms with Crippen molar-refractivity contribution in [1.29, 1.82) is 0 Å². The Balaban J connectivity index is 1.77. The molecule has 0 bridgehead atoms. The second kappa shape index (κ2) is 7.13. The van der Waals surface area contributed by atoms with Gasteiger partial charge in [0.2, 0.25) is 5.95 Å². The minimum atomic E-state index is -0.265. The minimum absolute atomic E-state index is 0.265. The molecule has 5 heteroatoms. The molecule has 3 rings (SSSR count). The standard InChI is InChI=1S/C20H20N4O/c1-13-8-9-16(12-15(13)3)22-19(25)18-10-11-21-20(24-18)23-17-7-5-4-6-14(17)2/h4-12H,1-3H3,(H,22,25)(H,21,23,24). The molecule has 1 aromatic heterocycles. The first-order chi connectivity index (χ1) is 12.0. The second-order valence-electron chi connectivity index (χ2n) is 5.96. The molecule has 2 aromatic carbocycles. The number of hydrogen-bond acceptors (Lipinski definition) is 4. The maximum atomic E-state index is 12.5. The van der Waals surface area contributed by atoms with Crippen LogP contribution >= 0.6 is 0 Å². The summed E-state index contributed by atoms with van der Waals surface area (Å²) in [4.78, 5) is 21.0. The van der Waals surface area contributed by atoms with E-state index in [0.717, 1.165) is 22.5 Å². The molecule has 0 saturated carbocycles. The topological polar surface area (TPSA) is 66.9 Å². The molecule has 0 spiro atoms. The van der Waals surface area contributed by atoms with Gasteiger partial charge in [-0.3, -0.25) is 4.79 Å². The van der Waals surface area contributed by atoms with Crippen LogP contribution in [0.2, 0.25) is 0 Å². The van der Waals surface area contributed by atoms with Gasteiger partial charge in [0.05, 0.1) is 0 Å². The number of carbonyl (C=O) groups excluding carboxylic acids is 1. The minimum Gasteiger partial charge on any atom is -0.324 e. The molecule has 0 atom stereocenters. The van der Waals surface area contributed by atoms with E-state index in [4.69, 9.17) is 0 Å². The van der Waals surface area contributed by atoms with Gasteiger partial charge in [0.25, 0.3) is 5.91 Å². The summed E-state index contributed by atoms with van der Waals surface area (Å²) in [6, 6.07) is 15.3. The Morgan fingerprint density at radius 3 is 2.48 bits per heavy atom. The molecule has 126 valence electrons. The number of hydrogen-bond donors (Lipinski definition) is 2. The first-order valence-corrected chi connectivity index (χ1v) is 8.07. The molecular formula is C20H20N4O. The van der Waals surface area contributed by atoms with Gasteiger partial charge in [-0.15, -0.1) is 0 Å². The fourth-order valence-electron chi connectivity index (χ4n) is 2.39. The number of benzene rings is 2. The fourth-order valence-corrected chi connectivity index (χ4v) is 2.39. The first-order valence-electron chi connectivity index (χ1n) is 8.07. The van der Waals surface area contributed by atoms with Gasteiger partial charge in [-0.05, 0) is 61.7 Å². The zero-order chi connectivity index (χ0) is 17.8. The number of aromatic nitrogens is 2. The van der Waals surface area contributed by atoms with Crippen LogP contribution in [0, 0.1) is 20.8 Å². The lowest BCUT2D eigenvalue weighted by Gasteiger charge is -2.10. The monoisotopic (exact) mass is 332 g/mol. The maximum Gasteiger partial charge on any atom is 0.274 e. The highest BCUT2D eigenvalue weighted by Crippen LogP contribution is 2.18. The summed E-state index contributed by atoms with van der Waals surface area (Å²) < 4.78 is 0. The summed E-state index contributed by atoms with van der Waals surface area (Å²) in [5, 5.41) is 6.02. The number of nitrogens with zero attached hydrogens (tertiary/aromatic N) is 2. The predicted octanol–water partition coefficient (Wildman–Crippen LogP) is 4.40. The van der Waals surface area contributed by atoms with E-state index >= 15 is 0 Å². The smallest absolute Gasteiger partial charge is 0.274 e. The van der Waals surface area contributed by atoms with Crippen LogP contribution in [0.3, 0.4) is 0 Å². The molecule has 0 aliphatic rings. The highest BCUT2D eigenvalue weighted by atomic mass is 16.1. The highest BCUT2D eigenvalue weighted by Gasteiger charge is 2.10. The van der Waals surface area contributed by atoms with Crippen molar-refractivity contribution in [3.05, 3.63) is 77.1 Å². The third-order valence-electron chi connectivity index (χ3n) is 4.04. The van der Waals surface area contributed by atoms with Crippen molar-refractivity contribution in [2.45, 2.75) is 20.8 Å². The summed E-state index contributed by atoms with van der Waals surface area (Å²) in [5.41, 5.74) is 5.36. The average Bonchev–Trinajstić information content (AvgIpc) is 2.60. The van der Waals surface area contributed by atoms with Crippen LogP contribution < -0.4 is 10.6 Å². The number of nitrogens with one attached hydrogen (secondary N) is 2. The number of rotatable bonds is 4. The molecule has 0 aliphatic heterocycles. The Morgan fingerprint density at radius 2 is 1.72 bits per heavy atom. The van der Waals surface area contributed by atoms with E-state index in [0.29, 0.717) is 11.6 Å². The van der Waals surface area contributed by atoms with E-state index in [2.05, 4.69) is 20.6 Å². The zero-order valence-electron chi connectivity index (χ0n) is 14.5. The SMILES string of the molecule is Cc1ccc(NC(=O)c2ccnc(Nc3ccccc3C)n2)cc1C. The zero-order valence-corrected chi connectivity index (χ0v) is 14.5. The Kier molecular flexibility index (Phi) is 4.75. The van der Waals surface area contributed by atoms with Gasteiger partial charge in [-0.25, -0.2) is 9.97 Å². The molecule has 1 amide bonds. The molecule has 0 saturated heterocycles. The molecule has 3 aromatic rings. The van der Waals surface area contributed by atoms with Crippen molar-refractivity contribution < 1.29 is 4.79 Å². The van der Waals surface area contributed by atoms with E-state index in [-0.39, 0.29) is 5.91 Å². The normalized spacial score (nSPS) is 10.4. The Bertz CT molecular complexity index is 921. The lowest BCUT2D eigenvalue weighted by Crippen LogP contribution is -2.15. The third-order valence-corrected chi connectivity index (χ3v) is 4.04. The van der Waals surface area contributed by atoms with Gasteiger partial charge in [0.15, 0.2) is 0 Å². The highest BCUT2D eigenvalue weighted by molar-refractivity contribution is 6.03. The van der Waals surface area contributed by atoms with Crippen molar-refractivity contribution in [3.8, 4) is 0 Å². The first kappa shape index (κ1) is 16.6. The number of aryl methyl sites for hydroxylation is 3. The predicted molar refractivity (Wildman–Crippen MR) is 100 cm³/mol. The maximum absolute atomic E-state index is 12.5. The lowest BCUT2D eigenvalue weighted by atomic mass is 10.1. The van der Waals surface area contributed by atoms with Crippen molar-refractivity contribution in [3.63, 3.8) is 0 Å². The van der Waals surface area contributed by atoms with Gasteiger partial charge < -0.3 is 10.6 Å². The van der Waals surface area contributed by atoms with Crippen molar-refractivity contribution in [2.75, 3.05) is 10.6 Å². The van der Waals surface area contributed by atoms with Gasteiger partial charge in [0.1, 0.15) is 5.69 Å². The number of anilines is 3. The van der Waals surface area contributed by atoms with Crippen LogP contribution in [-0.4, -0.2) is 15.9 Å². The van der Waals surface area contributed by atoms with Crippen LogP contribution in [-0.2, 0) is 0 Å². The average molecular weight is 332 g/mol. The molecule has 0 radical (unpaired) electrons. The van der Waals surface area contributed by atoms with E-state index < -0.39 is 0 Å². The van der Waals surface area contributed by atoms with Gasteiger partial charge in [0, 0.05) is 17.6 Å². The summed E-state index contributed by atoms with van der Waals surface area (Å²) in [6.45, 7) is 6.05. The molecule has 5 nitrogen and oxygen atoms in total. The van der Waals surface area contributed by atoms with Crippen molar-refractivity contribution in [1.82, 2.24) is 9.97 Å². The van der Waals surface area contributed by atoms with Crippen LogP contribution in [0.1, 0.15) is 27.2 Å².